The van der Waals surface area contributed by atoms with Gasteiger partial charge < -0.3 is 10.3 Å². The van der Waals surface area contributed by atoms with Crippen molar-refractivity contribution in [3.05, 3.63) is 38.9 Å². The van der Waals surface area contributed by atoms with E-state index in [0.29, 0.717) is 22.4 Å². The summed E-state index contributed by atoms with van der Waals surface area (Å²) in [6.07, 6.45) is 3.65. The molecule has 0 spiro atoms. The van der Waals surface area contributed by atoms with Gasteiger partial charge >= 0.3 is 0 Å². The van der Waals surface area contributed by atoms with Crippen molar-refractivity contribution in [1.29, 1.82) is 0 Å². The van der Waals surface area contributed by atoms with Crippen LogP contribution < -0.4 is 10.9 Å². The van der Waals surface area contributed by atoms with Gasteiger partial charge in [-0.1, -0.05) is 6.42 Å². The number of aromatic nitrogens is 2. The predicted molar refractivity (Wildman–Crippen MR) is 79.4 cm³/mol. The maximum atomic E-state index is 12.1. The summed E-state index contributed by atoms with van der Waals surface area (Å²) in [5.74, 6) is 0.506. The molecule has 0 radical (unpaired) electrons. The summed E-state index contributed by atoms with van der Waals surface area (Å²) in [5, 5.41) is 3.42. The fraction of sp³-hybridized carbons (Fsp3) is 0.357. The maximum Gasteiger partial charge on any atom is 0.259 e. The fourth-order valence-electron chi connectivity index (χ4n) is 2.35. The van der Waals surface area contributed by atoms with Gasteiger partial charge in [-0.3, -0.25) is 14.6 Å². The van der Waals surface area contributed by atoms with Gasteiger partial charge in [-0.05, 0) is 49.2 Å². The van der Waals surface area contributed by atoms with Crippen LogP contribution in [0.5, 0.6) is 0 Å². The SMILES string of the molecule is O=C(NCC1CCC1)c1ccc2c(=O)[nH]c(=S)[nH]c2c1. The summed E-state index contributed by atoms with van der Waals surface area (Å²) in [6, 6.07) is 4.96. The van der Waals surface area contributed by atoms with Crippen LogP contribution in [0.3, 0.4) is 0 Å². The number of fused-ring (bicyclic) bond motifs is 1. The Balaban J connectivity index is 1.86. The van der Waals surface area contributed by atoms with E-state index in [9.17, 15) is 9.59 Å². The number of benzene rings is 1. The lowest BCUT2D eigenvalue weighted by molar-refractivity contribution is 0.0939. The molecule has 1 amide bonds. The summed E-state index contributed by atoms with van der Waals surface area (Å²) in [6.45, 7) is 0.724. The van der Waals surface area contributed by atoms with Crippen molar-refractivity contribution < 1.29 is 4.79 Å². The van der Waals surface area contributed by atoms with E-state index in [1.54, 1.807) is 18.2 Å². The Morgan fingerprint density at radius 2 is 2.15 bits per heavy atom. The first-order chi connectivity index (χ1) is 9.63. The lowest BCUT2D eigenvalue weighted by atomic mass is 9.85. The smallest absolute Gasteiger partial charge is 0.259 e. The zero-order valence-corrected chi connectivity index (χ0v) is 11.7. The zero-order valence-electron chi connectivity index (χ0n) is 10.9. The van der Waals surface area contributed by atoms with Crippen molar-refractivity contribution in [2.75, 3.05) is 6.54 Å². The summed E-state index contributed by atoms with van der Waals surface area (Å²) in [4.78, 5) is 29.2. The molecule has 3 rings (SSSR count). The monoisotopic (exact) mass is 289 g/mol. The van der Waals surface area contributed by atoms with E-state index in [4.69, 9.17) is 12.2 Å². The number of hydrogen-bond donors (Lipinski definition) is 3. The molecular weight excluding hydrogens is 274 g/mol. The Bertz CT molecular complexity index is 774. The number of carbonyl (C=O) groups is 1. The van der Waals surface area contributed by atoms with Gasteiger partial charge in [0.25, 0.3) is 11.5 Å². The molecule has 0 saturated heterocycles. The molecule has 104 valence electrons. The van der Waals surface area contributed by atoms with Crippen molar-refractivity contribution in [1.82, 2.24) is 15.3 Å². The largest absolute Gasteiger partial charge is 0.352 e. The van der Waals surface area contributed by atoms with Gasteiger partial charge in [-0.2, -0.15) is 0 Å². The van der Waals surface area contributed by atoms with Gasteiger partial charge in [0.1, 0.15) is 0 Å². The molecule has 1 fully saturated rings. The lowest BCUT2D eigenvalue weighted by Gasteiger charge is -2.25. The molecular formula is C14H15N3O2S. The Labute approximate surface area is 120 Å². The van der Waals surface area contributed by atoms with Gasteiger partial charge in [-0.25, -0.2) is 0 Å². The second-order valence-corrected chi connectivity index (χ2v) is 5.58. The van der Waals surface area contributed by atoms with E-state index in [0.717, 1.165) is 6.54 Å². The minimum absolute atomic E-state index is 0.113. The Kier molecular flexibility index (Phi) is 3.40. The van der Waals surface area contributed by atoms with E-state index in [-0.39, 0.29) is 16.2 Å². The second-order valence-electron chi connectivity index (χ2n) is 5.18. The molecule has 5 nitrogen and oxygen atoms in total. The number of amides is 1. The highest BCUT2D eigenvalue weighted by Gasteiger charge is 2.18. The average Bonchev–Trinajstić information content (AvgIpc) is 2.35. The molecule has 0 aliphatic heterocycles. The van der Waals surface area contributed by atoms with Gasteiger partial charge in [0, 0.05) is 12.1 Å². The van der Waals surface area contributed by atoms with Crippen molar-refractivity contribution in [3.63, 3.8) is 0 Å². The first kappa shape index (κ1) is 13.1. The van der Waals surface area contributed by atoms with Crippen LogP contribution >= 0.6 is 12.2 Å². The highest BCUT2D eigenvalue weighted by molar-refractivity contribution is 7.71. The van der Waals surface area contributed by atoms with Crippen molar-refractivity contribution in [3.8, 4) is 0 Å². The molecule has 0 unspecified atom stereocenters. The van der Waals surface area contributed by atoms with E-state index < -0.39 is 0 Å². The number of nitrogens with one attached hydrogen (secondary N) is 3. The molecule has 3 N–H and O–H groups in total. The van der Waals surface area contributed by atoms with Crippen LogP contribution in [0.15, 0.2) is 23.0 Å². The third kappa shape index (κ3) is 2.51. The number of hydrogen-bond acceptors (Lipinski definition) is 3. The summed E-state index contributed by atoms with van der Waals surface area (Å²) < 4.78 is 0.259. The van der Waals surface area contributed by atoms with Crippen LogP contribution in [0.2, 0.25) is 0 Å². The van der Waals surface area contributed by atoms with Crippen LogP contribution in [0, 0.1) is 10.7 Å². The Morgan fingerprint density at radius 1 is 1.35 bits per heavy atom. The zero-order chi connectivity index (χ0) is 14.1. The molecule has 0 bridgehead atoms. The Morgan fingerprint density at radius 3 is 2.85 bits per heavy atom. The van der Waals surface area contributed by atoms with Gasteiger partial charge in [-0.15, -0.1) is 0 Å². The minimum Gasteiger partial charge on any atom is -0.352 e. The first-order valence-corrected chi connectivity index (χ1v) is 7.09. The van der Waals surface area contributed by atoms with Crippen molar-refractivity contribution in [2.24, 2.45) is 5.92 Å². The Hall–Kier alpha value is -1.95. The lowest BCUT2D eigenvalue weighted by Crippen LogP contribution is -2.32. The molecule has 6 heteroatoms. The average molecular weight is 289 g/mol. The second kappa shape index (κ2) is 5.20. The van der Waals surface area contributed by atoms with Gasteiger partial charge in [0.05, 0.1) is 10.9 Å². The summed E-state index contributed by atoms with van der Waals surface area (Å²) >= 11 is 4.93. The fourth-order valence-corrected chi connectivity index (χ4v) is 2.55. The minimum atomic E-state index is -0.245. The number of H-pyrrole nitrogens is 2. The van der Waals surface area contributed by atoms with Crippen molar-refractivity contribution in [2.45, 2.75) is 19.3 Å². The quantitative estimate of drug-likeness (QED) is 0.757. The molecule has 1 aromatic heterocycles. The van der Waals surface area contributed by atoms with Crippen LogP contribution in [-0.4, -0.2) is 22.4 Å². The summed E-state index contributed by atoms with van der Waals surface area (Å²) in [7, 11) is 0. The number of rotatable bonds is 3. The van der Waals surface area contributed by atoms with Gasteiger partial charge in [0.2, 0.25) is 0 Å². The highest BCUT2D eigenvalue weighted by atomic mass is 32.1. The molecule has 0 atom stereocenters. The van der Waals surface area contributed by atoms with Crippen LogP contribution in [0.25, 0.3) is 10.9 Å². The van der Waals surface area contributed by atoms with Gasteiger partial charge in [0.15, 0.2) is 4.77 Å². The van der Waals surface area contributed by atoms with E-state index in [2.05, 4.69) is 15.3 Å². The highest BCUT2D eigenvalue weighted by Crippen LogP contribution is 2.25. The topological polar surface area (TPSA) is 77.8 Å². The molecule has 1 aliphatic carbocycles. The van der Waals surface area contributed by atoms with Crippen LogP contribution in [0.1, 0.15) is 29.6 Å². The molecule has 1 aliphatic rings. The normalized spacial score (nSPS) is 15.0. The maximum absolute atomic E-state index is 12.1. The summed E-state index contributed by atoms with van der Waals surface area (Å²) in [5.41, 5.74) is 0.869. The standard InChI is InChI=1S/C14H15N3O2S/c18-12(15-7-8-2-1-3-8)9-4-5-10-11(6-9)16-14(20)17-13(10)19/h4-6,8H,1-3,7H2,(H,15,18)(H2,16,17,19,20). The van der Waals surface area contributed by atoms with E-state index in [1.807, 2.05) is 0 Å². The van der Waals surface area contributed by atoms with Crippen molar-refractivity contribution >= 4 is 29.0 Å². The van der Waals surface area contributed by atoms with Crippen LogP contribution in [0.4, 0.5) is 0 Å². The molecule has 1 saturated carbocycles. The molecule has 2 aromatic rings. The number of aromatic amines is 2. The third-order valence-electron chi connectivity index (χ3n) is 3.78. The van der Waals surface area contributed by atoms with Crippen LogP contribution in [-0.2, 0) is 0 Å². The molecule has 1 heterocycles. The third-order valence-corrected chi connectivity index (χ3v) is 3.98. The number of carbonyl (C=O) groups excluding carboxylic acids is 1. The van der Waals surface area contributed by atoms with E-state index in [1.165, 1.54) is 19.3 Å². The predicted octanol–water partition coefficient (Wildman–Crippen LogP) is 2.12. The molecule has 20 heavy (non-hydrogen) atoms. The first-order valence-electron chi connectivity index (χ1n) is 6.68. The molecule has 1 aromatic carbocycles. The van der Waals surface area contributed by atoms with E-state index >= 15 is 0 Å².